The van der Waals surface area contributed by atoms with Crippen molar-refractivity contribution in [3.8, 4) is 11.4 Å². The molecule has 0 bridgehead atoms. The van der Waals surface area contributed by atoms with Crippen LogP contribution < -0.4 is 4.74 Å². The maximum absolute atomic E-state index is 12.8. The van der Waals surface area contributed by atoms with Crippen LogP contribution >= 0.6 is 11.8 Å². The minimum atomic E-state index is 0.180. The molecule has 0 N–H and O–H groups in total. The van der Waals surface area contributed by atoms with E-state index in [-0.39, 0.29) is 5.91 Å². The van der Waals surface area contributed by atoms with Crippen LogP contribution in [-0.4, -0.2) is 57.0 Å². The van der Waals surface area contributed by atoms with E-state index in [1.807, 2.05) is 30.0 Å². The number of carbonyl (C=O) groups excluding carboxylic acids is 1. The van der Waals surface area contributed by atoms with Gasteiger partial charge >= 0.3 is 0 Å². The van der Waals surface area contributed by atoms with Gasteiger partial charge in [0.15, 0.2) is 0 Å². The summed E-state index contributed by atoms with van der Waals surface area (Å²) in [6.45, 7) is 3.82. The molecule has 1 aromatic heterocycles. The van der Waals surface area contributed by atoms with Crippen LogP contribution in [0.4, 0.5) is 0 Å². The van der Waals surface area contributed by atoms with E-state index in [0.717, 1.165) is 36.7 Å². The van der Waals surface area contributed by atoms with E-state index in [0.29, 0.717) is 22.6 Å². The number of likely N-dealkylation sites (tertiary alicyclic amines) is 1. The summed E-state index contributed by atoms with van der Waals surface area (Å²) in [6.07, 6.45) is 6.43. The van der Waals surface area contributed by atoms with Crippen LogP contribution in [-0.2, 0) is 4.79 Å². The van der Waals surface area contributed by atoms with Gasteiger partial charge in [-0.25, -0.2) is 0 Å². The summed E-state index contributed by atoms with van der Waals surface area (Å²) in [7, 11) is 1.63. The van der Waals surface area contributed by atoms with Gasteiger partial charge in [-0.2, -0.15) is 4.68 Å². The lowest BCUT2D eigenvalue weighted by Gasteiger charge is -2.41. The molecule has 1 saturated heterocycles. The summed E-state index contributed by atoms with van der Waals surface area (Å²) in [5, 5.41) is 12.6. The molecule has 2 heterocycles. The van der Waals surface area contributed by atoms with Crippen molar-refractivity contribution in [2.24, 2.45) is 11.8 Å². The first-order valence-electron chi connectivity index (χ1n) is 9.99. The number of fused-ring (bicyclic) bond motifs is 1. The second-order valence-electron chi connectivity index (χ2n) is 7.77. The highest BCUT2D eigenvalue weighted by Gasteiger charge is 2.33. The number of nitrogens with zero attached hydrogens (tertiary/aromatic N) is 5. The van der Waals surface area contributed by atoms with Crippen LogP contribution in [0.5, 0.6) is 5.75 Å². The first-order chi connectivity index (χ1) is 13.7. The maximum Gasteiger partial charge on any atom is 0.233 e. The van der Waals surface area contributed by atoms with Crippen LogP contribution in [0.1, 0.15) is 37.7 Å². The molecule has 7 nitrogen and oxygen atoms in total. The average molecular weight is 402 g/mol. The summed E-state index contributed by atoms with van der Waals surface area (Å²) in [5.74, 6) is 2.75. The van der Waals surface area contributed by atoms with Gasteiger partial charge in [-0.1, -0.05) is 37.1 Å². The first kappa shape index (κ1) is 19.2. The third-order valence-electron chi connectivity index (χ3n) is 5.97. The average Bonchev–Trinajstić information content (AvgIpc) is 3.20. The third kappa shape index (κ3) is 4.01. The van der Waals surface area contributed by atoms with Crippen molar-refractivity contribution in [2.45, 2.75) is 44.2 Å². The van der Waals surface area contributed by atoms with Crippen molar-refractivity contribution < 1.29 is 9.53 Å². The summed E-state index contributed by atoms with van der Waals surface area (Å²) in [6, 6.07) is 5.87. The second kappa shape index (κ2) is 8.51. The molecule has 2 aromatic rings. The highest BCUT2D eigenvalue weighted by molar-refractivity contribution is 7.99. The van der Waals surface area contributed by atoms with Gasteiger partial charge in [0, 0.05) is 13.1 Å². The highest BCUT2D eigenvalue weighted by atomic mass is 32.2. The number of amides is 1. The van der Waals surface area contributed by atoms with Crippen molar-refractivity contribution in [2.75, 3.05) is 26.0 Å². The number of thioether (sulfide) groups is 1. The van der Waals surface area contributed by atoms with Crippen molar-refractivity contribution in [3.63, 3.8) is 0 Å². The second-order valence-corrected chi connectivity index (χ2v) is 8.71. The summed E-state index contributed by atoms with van der Waals surface area (Å²) >= 11 is 1.38. The van der Waals surface area contributed by atoms with Gasteiger partial charge < -0.3 is 9.64 Å². The molecular weight excluding hydrogens is 374 g/mol. The van der Waals surface area contributed by atoms with Crippen molar-refractivity contribution >= 4 is 17.7 Å². The first-order valence-corrected chi connectivity index (χ1v) is 11.0. The van der Waals surface area contributed by atoms with E-state index in [1.165, 1.54) is 37.4 Å². The van der Waals surface area contributed by atoms with E-state index in [9.17, 15) is 4.79 Å². The SMILES string of the molecule is COc1ccc(C)cc1-n1nnnc1SCC(=O)N1CC[C@@H]2CCCC[C@H]2C1. The zero-order chi connectivity index (χ0) is 19.5. The number of methoxy groups -OCH3 is 1. The standard InChI is InChI=1S/C20H27N5O2S/c1-14-7-8-18(27-2)17(11-14)25-20(21-22-23-25)28-13-19(26)24-10-9-15-5-3-4-6-16(15)12-24/h7-8,11,15-16H,3-6,9-10,12-13H2,1-2H3/t15-,16-/m0/s1. The van der Waals surface area contributed by atoms with Gasteiger partial charge in [-0.15, -0.1) is 5.10 Å². The smallest absolute Gasteiger partial charge is 0.233 e. The predicted octanol–water partition coefficient (Wildman–Crippen LogP) is 3.11. The zero-order valence-corrected chi connectivity index (χ0v) is 17.3. The fourth-order valence-electron chi connectivity index (χ4n) is 4.43. The number of aromatic nitrogens is 4. The van der Waals surface area contributed by atoms with Gasteiger partial charge in [-0.05, 0) is 59.7 Å². The van der Waals surface area contributed by atoms with Gasteiger partial charge in [0.05, 0.1) is 12.9 Å². The number of tetrazole rings is 1. The molecule has 1 saturated carbocycles. The molecule has 2 atom stereocenters. The topological polar surface area (TPSA) is 73.1 Å². The van der Waals surface area contributed by atoms with E-state index < -0.39 is 0 Å². The lowest BCUT2D eigenvalue weighted by atomic mass is 9.75. The van der Waals surface area contributed by atoms with Gasteiger partial charge in [0.2, 0.25) is 11.1 Å². The molecule has 1 amide bonds. The van der Waals surface area contributed by atoms with Crippen molar-refractivity contribution in [1.82, 2.24) is 25.1 Å². The number of rotatable bonds is 5. The van der Waals surface area contributed by atoms with Crippen LogP contribution in [0.2, 0.25) is 0 Å². The zero-order valence-electron chi connectivity index (χ0n) is 16.5. The number of carbonyl (C=O) groups is 1. The molecule has 1 aliphatic heterocycles. The Kier molecular flexibility index (Phi) is 5.85. The summed E-state index contributed by atoms with van der Waals surface area (Å²) in [5.41, 5.74) is 1.87. The van der Waals surface area contributed by atoms with Crippen LogP contribution in [0.15, 0.2) is 23.4 Å². The summed E-state index contributed by atoms with van der Waals surface area (Å²) < 4.78 is 7.10. The Bertz CT molecular complexity index is 840. The molecule has 1 aromatic carbocycles. The Balaban J connectivity index is 1.42. The number of benzene rings is 1. The Morgan fingerprint density at radius 2 is 2.07 bits per heavy atom. The van der Waals surface area contributed by atoms with Crippen LogP contribution in [0.3, 0.4) is 0 Å². The van der Waals surface area contributed by atoms with Crippen LogP contribution in [0, 0.1) is 18.8 Å². The normalized spacial score (nSPS) is 22.0. The summed E-state index contributed by atoms with van der Waals surface area (Å²) in [4.78, 5) is 14.8. The molecule has 4 rings (SSSR count). The minimum Gasteiger partial charge on any atom is -0.494 e. The minimum absolute atomic E-state index is 0.180. The number of hydrogen-bond donors (Lipinski definition) is 0. The fourth-order valence-corrected chi connectivity index (χ4v) is 5.22. The van der Waals surface area contributed by atoms with Gasteiger partial charge in [-0.3, -0.25) is 4.79 Å². The number of aryl methyl sites for hydroxylation is 1. The molecule has 1 aliphatic carbocycles. The fraction of sp³-hybridized carbons (Fsp3) is 0.600. The largest absolute Gasteiger partial charge is 0.494 e. The molecule has 2 aliphatic rings. The van der Waals surface area contributed by atoms with Crippen molar-refractivity contribution in [1.29, 1.82) is 0 Å². The van der Waals surface area contributed by atoms with Crippen molar-refractivity contribution in [3.05, 3.63) is 23.8 Å². The molecule has 2 fully saturated rings. The maximum atomic E-state index is 12.8. The van der Waals surface area contributed by atoms with E-state index in [2.05, 4.69) is 15.5 Å². The van der Waals surface area contributed by atoms with Gasteiger partial charge in [0.25, 0.3) is 0 Å². The Morgan fingerprint density at radius 3 is 2.89 bits per heavy atom. The predicted molar refractivity (Wildman–Crippen MR) is 108 cm³/mol. The van der Waals surface area contributed by atoms with Crippen LogP contribution in [0.25, 0.3) is 5.69 Å². The van der Waals surface area contributed by atoms with E-state index in [1.54, 1.807) is 11.8 Å². The third-order valence-corrected chi connectivity index (χ3v) is 6.88. The number of ether oxygens (including phenoxy) is 1. The molecular formula is C20H27N5O2S. The molecule has 0 radical (unpaired) electrons. The molecule has 8 heteroatoms. The quantitative estimate of drug-likeness (QED) is 0.717. The van der Waals surface area contributed by atoms with E-state index >= 15 is 0 Å². The van der Waals surface area contributed by atoms with Gasteiger partial charge in [0.1, 0.15) is 11.4 Å². The molecule has 0 unspecified atom stereocenters. The Hall–Kier alpha value is -2.09. The van der Waals surface area contributed by atoms with E-state index in [4.69, 9.17) is 4.74 Å². The lowest BCUT2D eigenvalue weighted by Crippen LogP contribution is -2.45. The monoisotopic (exact) mass is 401 g/mol. The number of piperidine rings is 1. The Labute approximate surface area is 169 Å². The molecule has 150 valence electrons. The highest BCUT2D eigenvalue weighted by Crippen LogP contribution is 2.36. The lowest BCUT2D eigenvalue weighted by molar-refractivity contribution is -0.131. The Morgan fingerprint density at radius 1 is 1.25 bits per heavy atom. The molecule has 28 heavy (non-hydrogen) atoms. The number of hydrogen-bond acceptors (Lipinski definition) is 6. The molecule has 0 spiro atoms.